The van der Waals surface area contributed by atoms with Crippen LogP contribution in [-0.2, 0) is 14.3 Å². The number of carbonyl (C=O) groups is 1. The average molecular weight is 222 g/mol. The summed E-state index contributed by atoms with van der Waals surface area (Å²) in [4.78, 5) is 10.5. The lowest BCUT2D eigenvalue weighted by molar-refractivity contribution is -0.136. The van der Waals surface area contributed by atoms with Crippen molar-refractivity contribution in [1.82, 2.24) is 0 Å². The van der Waals surface area contributed by atoms with Gasteiger partial charge in [-0.05, 0) is 20.8 Å². The number of aliphatic carboxylic acids is 1. The van der Waals surface area contributed by atoms with Gasteiger partial charge in [-0.2, -0.15) is 0 Å². The Morgan fingerprint density at radius 2 is 1.86 bits per heavy atom. The van der Waals surface area contributed by atoms with Gasteiger partial charge in [-0.1, -0.05) is 0 Å². The van der Waals surface area contributed by atoms with Gasteiger partial charge in [0, 0.05) is 19.0 Å². The van der Waals surface area contributed by atoms with Crippen LogP contribution in [-0.4, -0.2) is 41.6 Å². The maximum absolute atomic E-state index is 10.5. The maximum Gasteiger partial charge on any atom is 0.316 e. The summed E-state index contributed by atoms with van der Waals surface area (Å²) in [5, 5.41) is 8.23. The fourth-order valence-corrected chi connectivity index (χ4v) is 1.59. The Morgan fingerprint density at radius 1 is 1.36 bits per heavy atom. The largest absolute Gasteiger partial charge is 0.480 e. The van der Waals surface area contributed by atoms with Crippen LogP contribution in [0.3, 0.4) is 0 Å². The van der Waals surface area contributed by atoms with Gasteiger partial charge in [0.1, 0.15) is 0 Å². The highest BCUT2D eigenvalue weighted by Crippen LogP contribution is 2.14. The van der Waals surface area contributed by atoms with Crippen molar-refractivity contribution in [2.24, 2.45) is 0 Å². The summed E-state index contributed by atoms with van der Waals surface area (Å²) in [6, 6.07) is 0. The number of carboxylic acid groups (broad SMARTS) is 1. The lowest BCUT2D eigenvalue weighted by Crippen LogP contribution is -2.23. The second kappa shape index (κ2) is 8.08. The van der Waals surface area contributed by atoms with E-state index < -0.39 is 11.2 Å². The van der Waals surface area contributed by atoms with Crippen LogP contribution < -0.4 is 0 Å². The van der Waals surface area contributed by atoms with E-state index in [0.717, 1.165) is 0 Å². The molecule has 0 amide bonds. The molecule has 0 heterocycles. The summed E-state index contributed by atoms with van der Waals surface area (Å²) in [7, 11) is 0. The van der Waals surface area contributed by atoms with E-state index in [2.05, 4.69) is 0 Å². The van der Waals surface area contributed by atoms with E-state index in [1.165, 1.54) is 11.8 Å². The summed E-state index contributed by atoms with van der Waals surface area (Å²) in [5.74, 6) is -0.253. The van der Waals surface area contributed by atoms with Gasteiger partial charge in [0.2, 0.25) is 0 Å². The summed E-state index contributed by atoms with van der Waals surface area (Å²) in [6.07, 6.45) is -0.295. The molecule has 0 aliphatic carbocycles. The first-order valence-corrected chi connectivity index (χ1v) is 5.74. The monoisotopic (exact) mass is 222 g/mol. The molecule has 0 bridgehead atoms. The topological polar surface area (TPSA) is 55.8 Å². The molecule has 1 unspecified atom stereocenters. The van der Waals surface area contributed by atoms with Crippen LogP contribution in [0.4, 0.5) is 0 Å². The predicted molar refractivity (Wildman–Crippen MR) is 56.6 cm³/mol. The molecular weight excluding hydrogens is 204 g/mol. The minimum absolute atomic E-state index is 0.295. The lowest BCUT2D eigenvalue weighted by Gasteiger charge is -2.17. The van der Waals surface area contributed by atoms with Gasteiger partial charge in [-0.25, -0.2) is 0 Å². The second-order valence-corrected chi connectivity index (χ2v) is 4.03. The van der Waals surface area contributed by atoms with Crippen LogP contribution in [0.5, 0.6) is 0 Å². The van der Waals surface area contributed by atoms with Crippen LogP contribution >= 0.6 is 11.8 Å². The zero-order valence-corrected chi connectivity index (χ0v) is 9.67. The first kappa shape index (κ1) is 13.7. The molecular formula is C9H18O4S. The molecule has 84 valence electrons. The van der Waals surface area contributed by atoms with Crippen LogP contribution in [0.25, 0.3) is 0 Å². The van der Waals surface area contributed by atoms with Crippen LogP contribution in [0, 0.1) is 0 Å². The minimum atomic E-state index is -0.804. The number of rotatable bonds is 8. The smallest absolute Gasteiger partial charge is 0.316 e. The van der Waals surface area contributed by atoms with Crippen LogP contribution in [0.1, 0.15) is 20.8 Å². The van der Waals surface area contributed by atoms with Crippen molar-refractivity contribution < 1.29 is 19.4 Å². The zero-order chi connectivity index (χ0) is 11.0. The van der Waals surface area contributed by atoms with E-state index in [9.17, 15) is 4.79 Å². The van der Waals surface area contributed by atoms with Crippen molar-refractivity contribution in [2.45, 2.75) is 32.3 Å². The SMILES string of the molecule is CCOC(CSC(C)C(=O)O)OCC. The number of carboxylic acids is 1. The van der Waals surface area contributed by atoms with Crippen molar-refractivity contribution in [3.05, 3.63) is 0 Å². The molecule has 0 aromatic carbocycles. The number of hydrogen-bond donors (Lipinski definition) is 1. The molecule has 0 aliphatic rings. The molecule has 0 rings (SSSR count). The van der Waals surface area contributed by atoms with E-state index in [-0.39, 0.29) is 6.29 Å². The molecule has 1 atom stereocenters. The van der Waals surface area contributed by atoms with E-state index in [1.807, 2.05) is 13.8 Å². The van der Waals surface area contributed by atoms with Crippen molar-refractivity contribution >= 4 is 17.7 Å². The fourth-order valence-electron chi connectivity index (χ4n) is 0.810. The Kier molecular flexibility index (Phi) is 7.93. The van der Waals surface area contributed by atoms with E-state index in [0.29, 0.717) is 19.0 Å². The Hall–Kier alpha value is -0.260. The highest BCUT2D eigenvalue weighted by atomic mass is 32.2. The Balaban J connectivity index is 3.74. The van der Waals surface area contributed by atoms with Gasteiger partial charge < -0.3 is 14.6 Å². The van der Waals surface area contributed by atoms with Gasteiger partial charge >= 0.3 is 5.97 Å². The lowest BCUT2D eigenvalue weighted by atomic mass is 10.5. The highest BCUT2D eigenvalue weighted by molar-refractivity contribution is 8.00. The maximum atomic E-state index is 10.5. The summed E-state index contributed by atoms with van der Waals surface area (Å²) in [5.41, 5.74) is 0. The van der Waals surface area contributed by atoms with Gasteiger partial charge in [0.05, 0.1) is 5.25 Å². The Morgan fingerprint density at radius 3 is 2.21 bits per heavy atom. The fraction of sp³-hybridized carbons (Fsp3) is 0.889. The molecule has 14 heavy (non-hydrogen) atoms. The van der Waals surface area contributed by atoms with Crippen molar-refractivity contribution in [3.8, 4) is 0 Å². The average Bonchev–Trinajstić information content (AvgIpc) is 2.14. The molecule has 0 aliphatic heterocycles. The molecule has 0 aromatic rings. The number of hydrogen-bond acceptors (Lipinski definition) is 4. The van der Waals surface area contributed by atoms with Crippen LogP contribution in [0.2, 0.25) is 0 Å². The molecule has 0 saturated heterocycles. The molecule has 5 heteroatoms. The van der Waals surface area contributed by atoms with E-state index in [4.69, 9.17) is 14.6 Å². The van der Waals surface area contributed by atoms with Crippen molar-refractivity contribution in [3.63, 3.8) is 0 Å². The van der Waals surface area contributed by atoms with Gasteiger partial charge in [0.15, 0.2) is 6.29 Å². The third-order valence-electron chi connectivity index (χ3n) is 1.54. The zero-order valence-electron chi connectivity index (χ0n) is 8.86. The molecule has 1 N–H and O–H groups in total. The van der Waals surface area contributed by atoms with Gasteiger partial charge in [0.25, 0.3) is 0 Å². The highest BCUT2D eigenvalue weighted by Gasteiger charge is 2.15. The number of ether oxygens (including phenoxy) is 2. The standard InChI is InChI=1S/C9H18O4S/c1-4-12-8(13-5-2)6-14-7(3)9(10)11/h7-8H,4-6H2,1-3H3,(H,10,11). The van der Waals surface area contributed by atoms with Crippen molar-refractivity contribution in [1.29, 1.82) is 0 Å². The van der Waals surface area contributed by atoms with Gasteiger partial charge in [-0.15, -0.1) is 11.8 Å². The first-order valence-electron chi connectivity index (χ1n) is 4.69. The quantitative estimate of drug-likeness (QED) is 0.632. The summed E-state index contributed by atoms with van der Waals surface area (Å²) < 4.78 is 10.6. The minimum Gasteiger partial charge on any atom is -0.480 e. The predicted octanol–water partition coefficient (Wildman–Crippen LogP) is 1.59. The Labute approximate surface area is 89.0 Å². The molecule has 0 aromatic heterocycles. The summed E-state index contributed by atoms with van der Waals surface area (Å²) >= 11 is 1.32. The molecule has 4 nitrogen and oxygen atoms in total. The second-order valence-electron chi connectivity index (χ2n) is 2.65. The van der Waals surface area contributed by atoms with Gasteiger partial charge in [-0.3, -0.25) is 4.79 Å². The van der Waals surface area contributed by atoms with E-state index in [1.54, 1.807) is 6.92 Å². The molecule has 0 saturated carbocycles. The first-order chi connectivity index (χ1) is 6.61. The molecule has 0 fully saturated rings. The third-order valence-corrected chi connectivity index (χ3v) is 2.70. The van der Waals surface area contributed by atoms with Crippen molar-refractivity contribution in [2.75, 3.05) is 19.0 Å². The van der Waals surface area contributed by atoms with E-state index >= 15 is 0 Å². The summed E-state index contributed by atoms with van der Waals surface area (Å²) in [6.45, 7) is 6.58. The normalized spacial score (nSPS) is 13.1. The molecule has 0 spiro atoms. The molecule has 0 radical (unpaired) electrons. The number of thioether (sulfide) groups is 1. The van der Waals surface area contributed by atoms with Crippen LogP contribution in [0.15, 0.2) is 0 Å². The Bertz CT molecular complexity index is 157. The third kappa shape index (κ3) is 6.23.